The Kier molecular flexibility index (Phi) is 5.61. The number of hydrogen-bond donors (Lipinski definition) is 0. The molecule has 1 amide bonds. The van der Waals surface area contributed by atoms with Crippen molar-refractivity contribution >= 4 is 15.9 Å². The van der Waals surface area contributed by atoms with E-state index in [-0.39, 0.29) is 17.3 Å². The van der Waals surface area contributed by atoms with Crippen molar-refractivity contribution in [1.29, 1.82) is 0 Å². The maximum Gasteiger partial charge on any atom is 0.253 e. The summed E-state index contributed by atoms with van der Waals surface area (Å²) >= 11 is 0. The summed E-state index contributed by atoms with van der Waals surface area (Å²) in [7, 11) is -2.05. The Balaban J connectivity index is 1.54. The summed E-state index contributed by atoms with van der Waals surface area (Å²) in [5.74, 6) is -0.276. The predicted molar refractivity (Wildman–Crippen MR) is 112 cm³/mol. The first-order valence-corrected chi connectivity index (χ1v) is 11.1. The van der Waals surface area contributed by atoms with Gasteiger partial charge in [-0.05, 0) is 35.7 Å². The molecule has 1 aliphatic heterocycles. The molecule has 0 bridgehead atoms. The maximum absolute atomic E-state index is 13.2. The number of amides is 1. The lowest BCUT2D eigenvalue weighted by atomic mass is 10.0. The van der Waals surface area contributed by atoms with Crippen LogP contribution in [0.25, 0.3) is 0 Å². The minimum Gasteiger partial charge on any atom is -0.336 e. The first kappa shape index (κ1) is 20.2. The van der Waals surface area contributed by atoms with E-state index in [2.05, 4.69) is 9.97 Å². The lowest BCUT2D eigenvalue weighted by molar-refractivity contribution is 0.0783. The highest BCUT2D eigenvalue weighted by Crippen LogP contribution is 2.25. The summed E-state index contributed by atoms with van der Waals surface area (Å²) in [4.78, 5) is 22.6. The number of nitrogens with zero attached hydrogens (tertiary/aromatic N) is 4. The predicted octanol–water partition coefficient (Wildman–Crippen LogP) is 2.50. The molecule has 30 heavy (non-hydrogen) atoms. The fraction of sp³-hybridized carbons (Fsp3) is 0.227. The van der Waals surface area contributed by atoms with Gasteiger partial charge < -0.3 is 4.90 Å². The average molecular weight is 423 g/mol. The number of carbonyl (C=O) groups is 1. The van der Waals surface area contributed by atoms with Gasteiger partial charge in [0.2, 0.25) is 10.0 Å². The van der Waals surface area contributed by atoms with Gasteiger partial charge in [-0.3, -0.25) is 14.8 Å². The van der Waals surface area contributed by atoms with Crippen molar-refractivity contribution in [2.24, 2.45) is 0 Å². The monoisotopic (exact) mass is 422 g/mol. The normalized spacial score (nSPS) is 14.2. The van der Waals surface area contributed by atoms with Crippen LogP contribution >= 0.6 is 0 Å². The zero-order valence-electron chi connectivity index (χ0n) is 16.6. The van der Waals surface area contributed by atoms with E-state index in [1.54, 1.807) is 37.8 Å². The van der Waals surface area contributed by atoms with Gasteiger partial charge in [-0.25, -0.2) is 8.42 Å². The van der Waals surface area contributed by atoms with Gasteiger partial charge >= 0.3 is 0 Å². The Bertz CT molecular complexity index is 1170. The summed E-state index contributed by atoms with van der Waals surface area (Å²) in [5, 5.41) is 0. The van der Waals surface area contributed by atoms with Gasteiger partial charge in [0, 0.05) is 38.1 Å². The van der Waals surface area contributed by atoms with E-state index < -0.39 is 10.0 Å². The molecule has 4 rings (SSSR count). The molecule has 7 nitrogen and oxygen atoms in total. The van der Waals surface area contributed by atoms with Crippen LogP contribution in [-0.4, -0.2) is 47.1 Å². The Morgan fingerprint density at radius 1 is 1.10 bits per heavy atom. The lowest BCUT2D eigenvalue weighted by Gasteiger charge is -2.28. The first-order valence-electron chi connectivity index (χ1n) is 9.62. The van der Waals surface area contributed by atoms with Crippen molar-refractivity contribution in [3.05, 3.63) is 89.5 Å². The van der Waals surface area contributed by atoms with E-state index in [0.29, 0.717) is 30.8 Å². The highest BCUT2D eigenvalue weighted by atomic mass is 32.2. The second kappa shape index (κ2) is 8.33. The van der Waals surface area contributed by atoms with E-state index in [1.807, 2.05) is 24.3 Å². The molecule has 0 aliphatic carbocycles. The van der Waals surface area contributed by atoms with E-state index in [4.69, 9.17) is 0 Å². The van der Waals surface area contributed by atoms with E-state index in [0.717, 1.165) is 5.56 Å². The summed E-state index contributed by atoms with van der Waals surface area (Å²) in [6, 6.07) is 14.1. The third kappa shape index (κ3) is 4.10. The maximum atomic E-state index is 13.2. The molecule has 0 saturated carbocycles. The van der Waals surface area contributed by atoms with E-state index in [9.17, 15) is 13.2 Å². The minimum atomic E-state index is -3.71. The molecule has 154 valence electrons. The fourth-order valence-electron chi connectivity index (χ4n) is 3.56. The van der Waals surface area contributed by atoms with Crippen molar-refractivity contribution in [1.82, 2.24) is 19.2 Å². The first-order chi connectivity index (χ1) is 14.4. The molecule has 0 spiro atoms. The summed E-state index contributed by atoms with van der Waals surface area (Å²) in [6.45, 7) is 1.04. The standard InChI is InChI=1S/C22H22N4O3S/c1-25(16-20-14-23-10-11-24-20)22(27)18-7-4-8-21(13-18)30(28,29)26-12-9-17-5-2-3-6-19(17)15-26/h2-8,10-11,13-14H,9,12,15-16H2,1H3. The van der Waals surface area contributed by atoms with Gasteiger partial charge in [-0.15, -0.1) is 0 Å². The molecule has 0 atom stereocenters. The third-order valence-electron chi connectivity index (χ3n) is 5.18. The number of sulfonamides is 1. The van der Waals surface area contributed by atoms with Gasteiger partial charge in [0.05, 0.1) is 23.3 Å². The Labute approximate surface area is 176 Å². The Morgan fingerprint density at radius 3 is 2.67 bits per heavy atom. The van der Waals surface area contributed by atoms with Crippen LogP contribution in [0.2, 0.25) is 0 Å². The molecule has 2 aromatic carbocycles. The van der Waals surface area contributed by atoms with Crippen molar-refractivity contribution in [2.45, 2.75) is 24.4 Å². The van der Waals surface area contributed by atoms with Crippen LogP contribution in [0.3, 0.4) is 0 Å². The number of benzene rings is 2. The van der Waals surface area contributed by atoms with Crippen LogP contribution < -0.4 is 0 Å². The van der Waals surface area contributed by atoms with Crippen LogP contribution in [-0.2, 0) is 29.5 Å². The van der Waals surface area contributed by atoms with Gasteiger partial charge in [-0.2, -0.15) is 4.31 Å². The smallest absolute Gasteiger partial charge is 0.253 e. The second-order valence-corrected chi connectivity index (χ2v) is 9.18. The highest BCUT2D eigenvalue weighted by molar-refractivity contribution is 7.89. The molecular formula is C22H22N4O3S. The lowest BCUT2D eigenvalue weighted by Crippen LogP contribution is -2.36. The Morgan fingerprint density at radius 2 is 1.90 bits per heavy atom. The van der Waals surface area contributed by atoms with Crippen LogP contribution in [0.5, 0.6) is 0 Å². The zero-order chi connectivity index (χ0) is 21.1. The second-order valence-electron chi connectivity index (χ2n) is 7.24. The van der Waals surface area contributed by atoms with Gasteiger partial charge in [-0.1, -0.05) is 30.3 Å². The van der Waals surface area contributed by atoms with E-state index in [1.165, 1.54) is 26.9 Å². The fourth-order valence-corrected chi connectivity index (χ4v) is 5.03. The van der Waals surface area contributed by atoms with Gasteiger partial charge in [0.1, 0.15) is 0 Å². The van der Waals surface area contributed by atoms with Crippen LogP contribution in [0.15, 0.2) is 72.0 Å². The molecule has 0 fully saturated rings. The molecule has 8 heteroatoms. The molecular weight excluding hydrogens is 400 g/mol. The molecule has 1 aromatic heterocycles. The topological polar surface area (TPSA) is 83.5 Å². The third-order valence-corrected chi connectivity index (χ3v) is 7.02. The van der Waals surface area contributed by atoms with Crippen LogP contribution in [0.4, 0.5) is 0 Å². The summed E-state index contributed by atoms with van der Waals surface area (Å²) in [6.07, 6.45) is 5.41. The van der Waals surface area contributed by atoms with Crippen molar-refractivity contribution in [3.63, 3.8) is 0 Å². The molecule has 0 unspecified atom stereocenters. The number of aromatic nitrogens is 2. The SMILES string of the molecule is CN(Cc1cnccn1)C(=O)c1cccc(S(=O)(=O)N2CCc3ccccc3C2)c1. The number of hydrogen-bond acceptors (Lipinski definition) is 5. The number of carbonyl (C=O) groups excluding carboxylic acids is 1. The van der Waals surface area contributed by atoms with E-state index >= 15 is 0 Å². The molecule has 0 N–H and O–H groups in total. The molecule has 0 saturated heterocycles. The minimum absolute atomic E-state index is 0.126. The Hall–Kier alpha value is -3.10. The molecule has 0 radical (unpaired) electrons. The quantitative estimate of drug-likeness (QED) is 0.631. The van der Waals surface area contributed by atoms with Crippen LogP contribution in [0.1, 0.15) is 27.2 Å². The van der Waals surface area contributed by atoms with Crippen molar-refractivity contribution in [2.75, 3.05) is 13.6 Å². The van der Waals surface area contributed by atoms with Crippen molar-refractivity contribution < 1.29 is 13.2 Å². The van der Waals surface area contributed by atoms with Gasteiger partial charge in [0.15, 0.2) is 0 Å². The molecule has 2 heterocycles. The summed E-state index contributed by atoms with van der Waals surface area (Å²) < 4.78 is 27.9. The molecule has 1 aliphatic rings. The molecule has 3 aromatic rings. The highest BCUT2D eigenvalue weighted by Gasteiger charge is 2.29. The van der Waals surface area contributed by atoms with Crippen molar-refractivity contribution in [3.8, 4) is 0 Å². The zero-order valence-corrected chi connectivity index (χ0v) is 17.4. The number of fused-ring (bicyclic) bond motifs is 1. The largest absolute Gasteiger partial charge is 0.336 e. The van der Waals surface area contributed by atoms with Crippen LogP contribution in [0, 0.1) is 0 Å². The average Bonchev–Trinajstić information content (AvgIpc) is 2.79. The number of rotatable bonds is 5. The summed E-state index contributed by atoms with van der Waals surface area (Å²) in [5.41, 5.74) is 3.17. The van der Waals surface area contributed by atoms with Gasteiger partial charge in [0.25, 0.3) is 5.91 Å².